The van der Waals surface area contributed by atoms with E-state index in [0.717, 1.165) is 11.3 Å². The number of phenols is 2. The summed E-state index contributed by atoms with van der Waals surface area (Å²) < 4.78 is 20.9. The number of carbonyl (C=O) groups is 3. The molecular formula is C38H38O8Si. The third-order valence-corrected chi connectivity index (χ3v) is 16.3. The molecule has 1 fully saturated rings. The number of aryl methyl sites for hydroxylation is 1. The molecule has 1 saturated heterocycles. The smallest absolute Gasteiger partial charge is 0.250 e. The normalized spacial score (nSPS) is 28.6. The van der Waals surface area contributed by atoms with Crippen molar-refractivity contribution in [2.24, 2.45) is 11.8 Å². The fourth-order valence-corrected chi connectivity index (χ4v) is 10.1. The van der Waals surface area contributed by atoms with E-state index in [1.165, 1.54) is 12.1 Å². The van der Waals surface area contributed by atoms with Crippen molar-refractivity contribution in [2.45, 2.75) is 83.4 Å². The summed E-state index contributed by atoms with van der Waals surface area (Å²) in [4.78, 5) is 43.1. The second kappa shape index (κ2) is 9.02. The minimum atomic E-state index is -2.33. The quantitative estimate of drug-likeness (QED) is 0.219. The molecule has 5 atom stereocenters. The molecule has 2 N–H and O–H groups in total. The van der Waals surface area contributed by atoms with Gasteiger partial charge in [0.05, 0.1) is 34.0 Å². The topological polar surface area (TPSA) is 119 Å². The Labute approximate surface area is 274 Å². The predicted molar refractivity (Wildman–Crippen MR) is 176 cm³/mol. The second-order valence-corrected chi connectivity index (χ2v) is 20.1. The molecule has 0 saturated carbocycles. The molecule has 2 heterocycles. The van der Waals surface area contributed by atoms with E-state index in [1.54, 1.807) is 31.2 Å². The molecule has 3 aliphatic carbocycles. The van der Waals surface area contributed by atoms with Gasteiger partial charge in [0.2, 0.25) is 19.9 Å². The maximum atomic E-state index is 14.8. The van der Waals surface area contributed by atoms with Crippen molar-refractivity contribution >= 4 is 25.7 Å². The van der Waals surface area contributed by atoms with Gasteiger partial charge in [-0.15, -0.1) is 0 Å². The van der Waals surface area contributed by atoms with Crippen molar-refractivity contribution in [3.63, 3.8) is 0 Å². The summed E-state index contributed by atoms with van der Waals surface area (Å²) in [6.07, 6.45) is -0.180. The molecule has 0 aromatic heterocycles. The lowest BCUT2D eigenvalue weighted by Crippen LogP contribution is -2.61. The molecule has 8 rings (SSSR count). The summed E-state index contributed by atoms with van der Waals surface area (Å²) in [5.41, 5.74) is 1.94. The Bertz CT molecular complexity index is 2050. The zero-order valence-electron chi connectivity index (χ0n) is 27.8. The Balaban J connectivity index is 1.43. The zero-order valence-corrected chi connectivity index (χ0v) is 28.8. The van der Waals surface area contributed by atoms with Crippen LogP contribution in [0, 0.1) is 18.8 Å². The Morgan fingerprint density at radius 1 is 0.894 bits per heavy atom. The fourth-order valence-electron chi connectivity index (χ4n) is 8.96. The van der Waals surface area contributed by atoms with Gasteiger partial charge in [-0.2, -0.15) is 0 Å². The van der Waals surface area contributed by atoms with Crippen LogP contribution in [0.5, 0.6) is 17.2 Å². The van der Waals surface area contributed by atoms with Crippen LogP contribution in [0.15, 0.2) is 53.8 Å². The number of rotatable bonds is 2. The number of ketones is 3. The van der Waals surface area contributed by atoms with Gasteiger partial charge in [0.25, 0.3) is 0 Å². The van der Waals surface area contributed by atoms with Crippen molar-refractivity contribution in [1.29, 1.82) is 0 Å². The van der Waals surface area contributed by atoms with Gasteiger partial charge in [0, 0.05) is 40.5 Å². The fraction of sp³-hybridized carbons (Fsp3) is 0.395. The van der Waals surface area contributed by atoms with E-state index in [0.29, 0.717) is 16.7 Å². The van der Waals surface area contributed by atoms with E-state index in [-0.39, 0.29) is 68.1 Å². The van der Waals surface area contributed by atoms with Crippen LogP contribution in [0.4, 0.5) is 0 Å². The highest BCUT2D eigenvalue weighted by Gasteiger charge is 2.80. The van der Waals surface area contributed by atoms with Crippen molar-refractivity contribution in [1.82, 2.24) is 0 Å². The van der Waals surface area contributed by atoms with Gasteiger partial charge < -0.3 is 24.1 Å². The molecule has 0 amide bonds. The lowest BCUT2D eigenvalue weighted by atomic mass is 9.49. The zero-order chi connectivity index (χ0) is 33.7. The van der Waals surface area contributed by atoms with Crippen molar-refractivity contribution in [3.05, 3.63) is 98.3 Å². The van der Waals surface area contributed by atoms with E-state index >= 15 is 0 Å². The molecule has 3 aromatic rings. The first-order valence-electron chi connectivity index (χ1n) is 16.2. The van der Waals surface area contributed by atoms with E-state index in [4.69, 9.17) is 13.9 Å². The van der Waals surface area contributed by atoms with Gasteiger partial charge in [-0.05, 0) is 74.3 Å². The Morgan fingerprint density at radius 3 is 2.32 bits per heavy atom. The van der Waals surface area contributed by atoms with Crippen molar-refractivity contribution in [3.8, 4) is 17.2 Å². The third-order valence-electron chi connectivity index (χ3n) is 11.9. The molecule has 5 aliphatic rings. The van der Waals surface area contributed by atoms with Crippen LogP contribution in [0.3, 0.4) is 0 Å². The average Bonchev–Trinajstić information content (AvgIpc) is 3.41. The molecule has 2 aliphatic heterocycles. The first-order chi connectivity index (χ1) is 22.0. The SMILES string of the molecule is CC1=C(O[Si](C)(C)C(C)(C)C)CC2C(=O)c3c(O)cccc3[C@]34Oc5c(ccc6c5C(=O)c5c(O)cc(C)cc5C6=O)[C@]23[C@H]1[C@@H](C)O4. The predicted octanol–water partition coefficient (Wildman–Crippen LogP) is 7.21. The second-order valence-electron chi connectivity index (χ2n) is 15.4. The number of hydrogen-bond donors (Lipinski definition) is 2. The molecular weight excluding hydrogens is 612 g/mol. The minimum Gasteiger partial charge on any atom is -0.547 e. The Morgan fingerprint density at radius 2 is 1.62 bits per heavy atom. The Hall–Kier alpha value is -4.21. The molecule has 1 spiro atoms. The number of benzene rings is 3. The van der Waals surface area contributed by atoms with Crippen LogP contribution in [0.25, 0.3) is 0 Å². The molecule has 242 valence electrons. The van der Waals surface area contributed by atoms with Gasteiger partial charge in [0.15, 0.2) is 11.6 Å². The van der Waals surface area contributed by atoms with Gasteiger partial charge >= 0.3 is 0 Å². The lowest BCUT2D eigenvalue weighted by Gasteiger charge is -2.52. The molecule has 9 heteroatoms. The number of ether oxygens (including phenoxy) is 2. The van der Waals surface area contributed by atoms with Crippen LogP contribution >= 0.6 is 0 Å². The standard InChI is InChI=1S/C38H38O8Si/c1-17-14-21-28(26(40)15-17)34(43)29-20(32(21)41)12-13-23-35(29)45-38-22-10-9-11-25(39)30(22)33(42)24-16-27(46-47(7,8)36(4,5)6)18(2)31(19(3)44-38)37(23,24)38/h9-15,19,24,31,39-40H,16H2,1-8H3/t19-,24?,31-,37-,38+/m1/s1. The first kappa shape index (κ1) is 30.1. The third kappa shape index (κ3) is 3.39. The summed E-state index contributed by atoms with van der Waals surface area (Å²) in [6, 6.07) is 11.4. The summed E-state index contributed by atoms with van der Waals surface area (Å²) in [5.74, 6) is -3.39. The number of Topliss-reactive ketones (excluding diaryl/α,β-unsaturated/α-hetero) is 1. The number of allylic oxidation sites excluding steroid dienone is 1. The number of aromatic hydroxyl groups is 2. The van der Waals surface area contributed by atoms with E-state index in [2.05, 4.69) is 33.9 Å². The number of hydrogen-bond acceptors (Lipinski definition) is 8. The van der Waals surface area contributed by atoms with Crippen LogP contribution < -0.4 is 4.74 Å². The molecule has 47 heavy (non-hydrogen) atoms. The van der Waals surface area contributed by atoms with Crippen LogP contribution in [-0.2, 0) is 20.4 Å². The summed E-state index contributed by atoms with van der Waals surface area (Å²) in [7, 11) is -2.33. The van der Waals surface area contributed by atoms with Crippen molar-refractivity contribution < 1.29 is 38.5 Å². The summed E-state index contributed by atoms with van der Waals surface area (Å²) >= 11 is 0. The van der Waals surface area contributed by atoms with Gasteiger partial charge in [-0.1, -0.05) is 39.0 Å². The largest absolute Gasteiger partial charge is 0.547 e. The van der Waals surface area contributed by atoms with Gasteiger partial charge in [0.1, 0.15) is 17.2 Å². The van der Waals surface area contributed by atoms with Gasteiger partial charge in [-0.3, -0.25) is 14.4 Å². The highest BCUT2D eigenvalue weighted by molar-refractivity contribution is 6.74. The number of phenolic OH excluding ortho intramolecular Hbond substituents is 2. The highest BCUT2D eigenvalue weighted by atomic mass is 28.4. The van der Waals surface area contributed by atoms with E-state index in [9.17, 15) is 24.6 Å². The van der Waals surface area contributed by atoms with Crippen LogP contribution in [0.1, 0.15) is 99.9 Å². The summed E-state index contributed by atoms with van der Waals surface area (Å²) in [5, 5.41) is 22.0. The maximum Gasteiger partial charge on any atom is 0.250 e. The van der Waals surface area contributed by atoms with Crippen LogP contribution in [-0.4, -0.2) is 42.0 Å². The minimum absolute atomic E-state index is 0.0528. The molecule has 8 nitrogen and oxygen atoms in total. The summed E-state index contributed by atoms with van der Waals surface area (Å²) in [6.45, 7) is 16.6. The number of fused-ring (bicyclic) bond motifs is 5. The lowest BCUT2D eigenvalue weighted by molar-refractivity contribution is -0.202. The molecule has 0 radical (unpaired) electrons. The van der Waals surface area contributed by atoms with Crippen molar-refractivity contribution in [2.75, 3.05) is 0 Å². The Kier molecular flexibility index (Phi) is 5.78. The van der Waals surface area contributed by atoms with Crippen LogP contribution in [0.2, 0.25) is 18.1 Å². The maximum absolute atomic E-state index is 14.8. The van der Waals surface area contributed by atoms with Gasteiger partial charge in [-0.25, -0.2) is 0 Å². The molecule has 3 aromatic carbocycles. The number of carbonyl (C=O) groups excluding carboxylic acids is 3. The average molecular weight is 651 g/mol. The molecule has 0 bridgehead atoms. The highest BCUT2D eigenvalue weighted by Crippen LogP contribution is 2.74. The van der Waals surface area contributed by atoms with E-state index < -0.39 is 43.2 Å². The monoisotopic (exact) mass is 650 g/mol. The first-order valence-corrected chi connectivity index (χ1v) is 19.1. The molecule has 1 unspecified atom stereocenters. The van der Waals surface area contributed by atoms with E-state index in [1.807, 2.05) is 19.9 Å².